The van der Waals surface area contributed by atoms with Crippen molar-refractivity contribution >= 4 is 23.1 Å². The van der Waals surface area contributed by atoms with E-state index < -0.39 is 0 Å². The van der Waals surface area contributed by atoms with Gasteiger partial charge in [-0.2, -0.15) is 0 Å². The molecular formula is C23H24N2O3. The molecule has 4 rings (SSSR count). The number of methoxy groups -OCH3 is 1. The number of ether oxygens (including phenoxy) is 1. The predicted octanol–water partition coefficient (Wildman–Crippen LogP) is 3.69. The fraction of sp³-hybridized carbons (Fsp3) is 0.304. The van der Waals surface area contributed by atoms with E-state index in [-0.39, 0.29) is 11.8 Å². The highest BCUT2D eigenvalue weighted by Gasteiger charge is 2.44. The van der Waals surface area contributed by atoms with E-state index in [1.807, 2.05) is 61.2 Å². The minimum Gasteiger partial charge on any atom is -0.496 e. The van der Waals surface area contributed by atoms with Crippen LogP contribution in [0.2, 0.25) is 0 Å². The van der Waals surface area contributed by atoms with Crippen LogP contribution in [0.25, 0.3) is 5.57 Å². The number of hydrogen-bond acceptors (Lipinski definition) is 4. The second-order valence-electron chi connectivity index (χ2n) is 7.35. The molecule has 28 heavy (non-hydrogen) atoms. The van der Waals surface area contributed by atoms with Crippen molar-refractivity contribution in [3.05, 3.63) is 64.9 Å². The maximum Gasteiger partial charge on any atom is 0.282 e. The van der Waals surface area contributed by atoms with Crippen LogP contribution < -0.4 is 9.64 Å². The number of anilines is 1. The molecule has 0 atom stereocenters. The average molecular weight is 376 g/mol. The predicted molar refractivity (Wildman–Crippen MR) is 109 cm³/mol. The third-order valence-electron chi connectivity index (χ3n) is 5.45. The Kier molecular flexibility index (Phi) is 4.67. The summed E-state index contributed by atoms with van der Waals surface area (Å²) < 4.78 is 5.50. The van der Waals surface area contributed by atoms with E-state index in [4.69, 9.17) is 4.74 Å². The molecule has 0 bridgehead atoms. The summed E-state index contributed by atoms with van der Waals surface area (Å²) in [4.78, 5) is 30.4. The van der Waals surface area contributed by atoms with Gasteiger partial charge in [0.25, 0.3) is 11.8 Å². The van der Waals surface area contributed by atoms with Crippen LogP contribution >= 0.6 is 0 Å². The first-order chi connectivity index (χ1) is 13.5. The Morgan fingerprint density at radius 1 is 0.929 bits per heavy atom. The molecule has 0 aromatic heterocycles. The van der Waals surface area contributed by atoms with Crippen LogP contribution in [0.15, 0.2) is 48.2 Å². The molecule has 0 spiro atoms. The zero-order valence-electron chi connectivity index (χ0n) is 16.5. The second-order valence-corrected chi connectivity index (χ2v) is 7.35. The molecule has 0 N–H and O–H groups in total. The van der Waals surface area contributed by atoms with Crippen LogP contribution in [0.3, 0.4) is 0 Å². The summed E-state index contributed by atoms with van der Waals surface area (Å²) in [7, 11) is 1.58. The van der Waals surface area contributed by atoms with Gasteiger partial charge >= 0.3 is 0 Å². The number of rotatable bonds is 4. The van der Waals surface area contributed by atoms with Crippen molar-refractivity contribution in [2.24, 2.45) is 0 Å². The molecule has 2 amide bonds. The zero-order chi connectivity index (χ0) is 19.8. The van der Waals surface area contributed by atoms with Crippen molar-refractivity contribution < 1.29 is 14.3 Å². The lowest BCUT2D eigenvalue weighted by molar-refractivity contribution is -0.120. The molecule has 5 nitrogen and oxygen atoms in total. The van der Waals surface area contributed by atoms with E-state index in [1.54, 1.807) is 7.11 Å². The summed E-state index contributed by atoms with van der Waals surface area (Å²) in [6, 6.07) is 13.2. The first kappa shape index (κ1) is 18.3. The summed E-state index contributed by atoms with van der Waals surface area (Å²) in [5.41, 5.74) is 4.23. The Morgan fingerprint density at radius 3 is 2.32 bits per heavy atom. The number of aryl methyl sites for hydroxylation is 2. The third kappa shape index (κ3) is 2.87. The van der Waals surface area contributed by atoms with Gasteiger partial charge in [0.05, 0.1) is 18.4 Å². The van der Waals surface area contributed by atoms with Gasteiger partial charge in [0.15, 0.2) is 0 Å². The van der Waals surface area contributed by atoms with Gasteiger partial charge in [-0.3, -0.25) is 9.59 Å². The molecule has 2 aliphatic rings. The van der Waals surface area contributed by atoms with Crippen molar-refractivity contribution in [2.45, 2.75) is 26.7 Å². The monoisotopic (exact) mass is 376 g/mol. The number of benzene rings is 2. The van der Waals surface area contributed by atoms with E-state index in [0.29, 0.717) is 28.3 Å². The van der Waals surface area contributed by atoms with Gasteiger partial charge in [0.1, 0.15) is 11.4 Å². The number of nitrogens with zero attached hydrogens (tertiary/aromatic N) is 2. The van der Waals surface area contributed by atoms with Crippen LogP contribution in [0.4, 0.5) is 5.69 Å². The lowest BCUT2D eigenvalue weighted by atomic mass is 10.0. The van der Waals surface area contributed by atoms with E-state index in [1.165, 1.54) is 4.90 Å². The van der Waals surface area contributed by atoms with E-state index in [0.717, 1.165) is 37.1 Å². The molecule has 2 aliphatic heterocycles. The Morgan fingerprint density at radius 2 is 1.64 bits per heavy atom. The van der Waals surface area contributed by atoms with Crippen molar-refractivity contribution in [2.75, 3.05) is 25.1 Å². The number of imide groups is 1. The van der Waals surface area contributed by atoms with Gasteiger partial charge in [0, 0.05) is 18.7 Å². The third-order valence-corrected chi connectivity index (χ3v) is 5.45. The highest BCUT2D eigenvalue weighted by Crippen LogP contribution is 2.39. The van der Waals surface area contributed by atoms with Crippen LogP contribution in [0.1, 0.15) is 29.5 Å². The van der Waals surface area contributed by atoms with Crippen LogP contribution in [-0.4, -0.2) is 36.9 Å². The summed E-state index contributed by atoms with van der Waals surface area (Å²) in [6.45, 7) is 5.50. The largest absolute Gasteiger partial charge is 0.496 e. The van der Waals surface area contributed by atoms with Gasteiger partial charge in [-0.1, -0.05) is 35.9 Å². The van der Waals surface area contributed by atoms with Gasteiger partial charge in [-0.25, -0.2) is 4.90 Å². The highest BCUT2D eigenvalue weighted by molar-refractivity contribution is 6.45. The molecule has 5 heteroatoms. The van der Waals surface area contributed by atoms with E-state index in [2.05, 4.69) is 0 Å². The Hall–Kier alpha value is -3.08. The molecule has 144 valence electrons. The van der Waals surface area contributed by atoms with Crippen LogP contribution in [-0.2, 0) is 9.59 Å². The fourth-order valence-corrected chi connectivity index (χ4v) is 4.12. The van der Waals surface area contributed by atoms with Crippen molar-refractivity contribution in [3.8, 4) is 5.75 Å². The smallest absolute Gasteiger partial charge is 0.282 e. The first-order valence-corrected chi connectivity index (χ1v) is 9.61. The fourth-order valence-electron chi connectivity index (χ4n) is 4.12. The Labute approximate surface area is 165 Å². The molecule has 0 aliphatic carbocycles. The number of carbonyl (C=O) groups excluding carboxylic acids is 2. The normalized spacial score (nSPS) is 17.1. The lowest BCUT2D eigenvalue weighted by Crippen LogP contribution is -2.35. The highest BCUT2D eigenvalue weighted by atomic mass is 16.5. The first-order valence-electron chi connectivity index (χ1n) is 9.61. The minimum atomic E-state index is -0.289. The molecule has 0 saturated carbocycles. The number of hydrogen-bond donors (Lipinski definition) is 0. The molecular weight excluding hydrogens is 352 g/mol. The minimum absolute atomic E-state index is 0.250. The van der Waals surface area contributed by atoms with Gasteiger partial charge in [-0.15, -0.1) is 0 Å². The number of likely N-dealkylation sites (tertiary alicyclic amines) is 1. The van der Waals surface area contributed by atoms with Gasteiger partial charge in [0.2, 0.25) is 0 Å². The quantitative estimate of drug-likeness (QED) is 0.764. The summed E-state index contributed by atoms with van der Waals surface area (Å²) >= 11 is 0. The van der Waals surface area contributed by atoms with Crippen molar-refractivity contribution in [1.82, 2.24) is 4.90 Å². The molecule has 0 radical (unpaired) electrons. The molecule has 1 saturated heterocycles. The number of para-hydroxylation sites is 1. The zero-order valence-corrected chi connectivity index (χ0v) is 16.5. The topological polar surface area (TPSA) is 49.9 Å². The lowest BCUT2D eigenvalue weighted by Gasteiger charge is -2.21. The molecule has 2 aromatic carbocycles. The maximum absolute atomic E-state index is 13.6. The van der Waals surface area contributed by atoms with Crippen molar-refractivity contribution in [3.63, 3.8) is 0 Å². The Balaban J connectivity index is 1.89. The SMILES string of the molecule is COc1ccccc1C1=C(N2CCCC2)C(=O)N(c2ccc(C)cc2C)C1=O. The Bertz CT molecular complexity index is 987. The van der Waals surface area contributed by atoms with Gasteiger partial charge in [-0.05, 0) is 44.4 Å². The molecule has 0 unspecified atom stereocenters. The molecule has 2 heterocycles. The average Bonchev–Trinajstić information content (AvgIpc) is 3.29. The maximum atomic E-state index is 13.6. The number of amides is 2. The number of carbonyl (C=O) groups is 2. The van der Waals surface area contributed by atoms with Crippen molar-refractivity contribution in [1.29, 1.82) is 0 Å². The van der Waals surface area contributed by atoms with E-state index in [9.17, 15) is 9.59 Å². The summed E-state index contributed by atoms with van der Waals surface area (Å²) in [6.07, 6.45) is 2.04. The molecule has 2 aromatic rings. The summed E-state index contributed by atoms with van der Waals surface area (Å²) in [5.74, 6) is 0.0564. The van der Waals surface area contributed by atoms with Crippen LogP contribution in [0.5, 0.6) is 5.75 Å². The standard InChI is InChI=1S/C23H24N2O3/c1-15-10-11-18(16(2)14-15)25-22(26)20(17-8-4-5-9-19(17)28-3)21(23(25)27)24-12-6-7-13-24/h4-5,8-11,14H,6-7,12-13H2,1-3H3. The molecule has 1 fully saturated rings. The van der Waals surface area contributed by atoms with E-state index >= 15 is 0 Å². The summed E-state index contributed by atoms with van der Waals surface area (Å²) in [5, 5.41) is 0. The van der Waals surface area contributed by atoms with Gasteiger partial charge < -0.3 is 9.64 Å². The van der Waals surface area contributed by atoms with Crippen LogP contribution in [0, 0.1) is 13.8 Å². The second kappa shape index (κ2) is 7.15.